The molecular formula is C11H17BrO4S. The Morgan fingerprint density at radius 3 is 2.71 bits per heavy atom. The van der Waals surface area contributed by atoms with Gasteiger partial charge in [0.1, 0.15) is 11.1 Å². The first-order valence-corrected chi connectivity index (χ1v) is 8.50. The van der Waals surface area contributed by atoms with E-state index >= 15 is 0 Å². The van der Waals surface area contributed by atoms with E-state index in [0.29, 0.717) is 18.3 Å². The number of halogens is 1. The van der Waals surface area contributed by atoms with Crippen LogP contribution in [0.15, 0.2) is 0 Å². The second-order valence-corrected chi connectivity index (χ2v) is 8.37. The van der Waals surface area contributed by atoms with E-state index < -0.39 is 10.1 Å². The lowest BCUT2D eigenvalue weighted by Gasteiger charge is -2.28. The van der Waals surface area contributed by atoms with Gasteiger partial charge in [-0.05, 0) is 24.7 Å². The molecule has 1 heterocycles. The number of alkyl halides is 1. The van der Waals surface area contributed by atoms with E-state index in [-0.39, 0.29) is 28.4 Å². The fourth-order valence-corrected chi connectivity index (χ4v) is 5.51. The summed E-state index contributed by atoms with van der Waals surface area (Å²) in [5, 5.41) is -0.289. The number of hydrogen-bond acceptors (Lipinski definition) is 4. The number of hydrogen-bond donors (Lipinski definition) is 0. The van der Waals surface area contributed by atoms with Crippen molar-refractivity contribution in [3.8, 4) is 0 Å². The zero-order valence-electron chi connectivity index (χ0n) is 9.87. The van der Waals surface area contributed by atoms with Crippen LogP contribution in [0.4, 0.5) is 0 Å². The zero-order valence-corrected chi connectivity index (χ0v) is 12.3. The van der Waals surface area contributed by atoms with E-state index in [1.165, 1.54) is 0 Å². The minimum absolute atomic E-state index is 0.0304. The molecule has 0 radical (unpaired) electrons. The standard InChI is InChI=1S/C11H17BrO4S/c1-5(2)11(12)15-9-6-3-7-8(4-6)17(13,14)16-10(7)9/h5-11H,3-4H2,1-2H3. The van der Waals surface area contributed by atoms with Crippen LogP contribution in [0.1, 0.15) is 26.7 Å². The highest BCUT2D eigenvalue weighted by atomic mass is 79.9. The minimum Gasteiger partial charge on any atom is -0.360 e. The van der Waals surface area contributed by atoms with Crippen molar-refractivity contribution < 1.29 is 17.3 Å². The maximum absolute atomic E-state index is 11.8. The van der Waals surface area contributed by atoms with Crippen LogP contribution < -0.4 is 0 Å². The van der Waals surface area contributed by atoms with Gasteiger partial charge in [0, 0.05) is 5.92 Å². The van der Waals surface area contributed by atoms with Gasteiger partial charge in [0.2, 0.25) is 0 Å². The molecule has 3 fully saturated rings. The van der Waals surface area contributed by atoms with Gasteiger partial charge in [0.05, 0.1) is 11.4 Å². The summed E-state index contributed by atoms with van der Waals surface area (Å²) in [6.07, 6.45) is 1.37. The zero-order chi connectivity index (χ0) is 12.4. The summed E-state index contributed by atoms with van der Waals surface area (Å²) < 4.78 is 34.7. The molecule has 0 aromatic heterocycles. The Bertz CT molecular complexity index is 421. The minimum atomic E-state index is -3.32. The highest BCUT2D eigenvalue weighted by Gasteiger charge is 2.64. The fraction of sp³-hybridized carbons (Fsp3) is 1.00. The van der Waals surface area contributed by atoms with E-state index in [0.717, 1.165) is 6.42 Å². The van der Waals surface area contributed by atoms with Crippen LogP contribution in [0.5, 0.6) is 0 Å². The van der Waals surface area contributed by atoms with Gasteiger partial charge in [-0.15, -0.1) is 0 Å². The largest absolute Gasteiger partial charge is 0.360 e. The summed E-state index contributed by atoms with van der Waals surface area (Å²) in [6.45, 7) is 4.14. The highest BCUT2D eigenvalue weighted by Crippen LogP contribution is 2.55. The monoisotopic (exact) mass is 324 g/mol. The van der Waals surface area contributed by atoms with E-state index in [1.807, 2.05) is 0 Å². The average molecular weight is 325 g/mol. The van der Waals surface area contributed by atoms with Crippen LogP contribution in [-0.4, -0.2) is 30.9 Å². The van der Waals surface area contributed by atoms with E-state index in [1.54, 1.807) is 0 Å². The van der Waals surface area contributed by atoms with Gasteiger partial charge in [0.15, 0.2) is 0 Å². The second-order valence-electron chi connectivity index (χ2n) is 5.68. The van der Waals surface area contributed by atoms with Crippen molar-refractivity contribution in [2.75, 3.05) is 0 Å². The van der Waals surface area contributed by atoms with Crippen molar-refractivity contribution in [2.45, 2.75) is 49.2 Å². The molecule has 0 N–H and O–H groups in total. The third-order valence-electron chi connectivity index (χ3n) is 4.23. The quantitative estimate of drug-likeness (QED) is 0.587. The SMILES string of the molecule is CC(C)C(Br)OC1C2CC3C1OS(=O)(=O)C3C2. The number of fused-ring (bicyclic) bond motifs is 1. The first kappa shape index (κ1) is 12.4. The van der Waals surface area contributed by atoms with Crippen molar-refractivity contribution in [3.63, 3.8) is 0 Å². The molecule has 2 aliphatic carbocycles. The predicted octanol–water partition coefficient (Wildman–Crippen LogP) is 1.89. The molecular weight excluding hydrogens is 308 g/mol. The van der Waals surface area contributed by atoms with E-state index in [9.17, 15) is 8.42 Å². The van der Waals surface area contributed by atoms with Crippen molar-refractivity contribution in [2.24, 2.45) is 17.8 Å². The summed E-state index contributed by atoms with van der Waals surface area (Å²) in [7, 11) is -3.32. The normalized spacial score (nSPS) is 47.9. The van der Waals surface area contributed by atoms with Gasteiger partial charge in [-0.2, -0.15) is 8.42 Å². The Morgan fingerprint density at radius 1 is 1.35 bits per heavy atom. The maximum Gasteiger partial charge on any atom is 0.270 e. The fourth-order valence-electron chi connectivity index (χ4n) is 3.38. The molecule has 2 saturated carbocycles. The molecule has 6 unspecified atom stereocenters. The molecule has 1 saturated heterocycles. The van der Waals surface area contributed by atoms with Gasteiger partial charge in [-0.1, -0.05) is 29.8 Å². The molecule has 98 valence electrons. The van der Waals surface area contributed by atoms with Crippen LogP contribution in [0, 0.1) is 17.8 Å². The van der Waals surface area contributed by atoms with Gasteiger partial charge in [0.25, 0.3) is 10.1 Å². The van der Waals surface area contributed by atoms with Crippen molar-refractivity contribution in [3.05, 3.63) is 0 Å². The lowest BCUT2D eigenvalue weighted by molar-refractivity contribution is -0.0582. The first-order valence-electron chi connectivity index (χ1n) is 6.12. The summed E-state index contributed by atoms with van der Waals surface area (Å²) in [5.74, 6) is 0.885. The predicted molar refractivity (Wildman–Crippen MR) is 66.2 cm³/mol. The topological polar surface area (TPSA) is 52.6 Å². The molecule has 0 aromatic rings. The summed E-state index contributed by atoms with van der Waals surface area (Å²) in [5.41, 5.74) is 0. The molecule has 6 atom stereocenters. The molecule has 4 nitrogen and oxygen atoms in total. The van der Waals surface area contributed by atoms with Gasteiger partial charge < -0.3 is 4.74 Å². The van der Waals surface area contributed by atoms with Crippen molar-refractivity contribution in [1.29, 1.82) is 0 Å². The Kier molecular flexibility index (Phi) is 2.86. The first-order chi connectivity index (χ1) is 7.90. The molecule has 3 rings (SSSR count). The molecule has 0 aromatic carbocycles. The van der Waals surface area contributed by atoms with Gasteiger partial charge in [-0.3, -0.25) is 4.18 Å². The van der Waals surface area contributed by atoms with E-state index in [2.05, 4.69) is 29.8 Å². The Hall–Kier alpha value is 0.350. The molecule has 2 bridgehead atoms. The van der Waals surface area contributed by atoms with Gasteiger partial charge >= 0.3 is 0 Å². The smallest absolute Gasteiger partial charge is 0.270 e. The van der Waals surface area contributed by atoms with Crippen LogP contribution in [0.3, 0.4) is 0 Å². The summed E-state index contributed by atoms with van der Waals surface area (Å²) in [6, 6.07) is 0. The maximum atomic E-state index is 11.8. The lowest BCUT2D eigenvalue weighted by atomic mass is 9.94. The molecule has 3 aliphatic rings. The number of rotatable bonds is 3. The van der Waals surface area contributed by atoms with Crippen LogP contribution in [0.2, 0.25) is 0 Å². The molecule has 0 spiro atoms. The average Bonchev–Trinajstić information content (AvgIpc) is 2.81. The van der Waals surface area contributed by atoms with Gasteiger partial charge in [-0.25, -0.2) is 0 Å². The second kappa shape index (κ2) is 3.92. The Balaban J connectivity index is 1.78. The van der Waals surface area contributed by atoms with Crippen LogP contribution in [0.25, 0.3) is 0 Å². The highest BCUT2D eigenvalue weighted by molar-refractivity contribution is 9.09. The van der Waals surface area contributed by atoms with Crippen LogP contribution >= 0.6 is 15.9 Å². The molecule has 6 heteroatoms. The Labute approximate surface area is 110 Å². The Morgan fingerprint density at radius 2 is 2.06 bits per heavy atom. The van der Waals surface area contributed by atoms with Crippen molar-refractivity contribution >= 4 is 26.0 Å². The van der Waals surface area contributed by atoms with E-state index in [4.69, 9.17) is 8.92 Å². The number of ether oxygens (including phenoxy) is 1. The third-order valence-corrected chi connectivity index (χ3v) is 7.27. The molecule has 17 heavy (non-hydrogen) atoms. The third kappa shape index (κ3) is 1.79. The van der Waals surface area contributed by atoms with Crippen molar-refractivity contribution in [1.82, 2.24) is 0 Å². The van der Waals surface area contributed by atoms with Crippen LogP contribution in [-0.2, 0) is 19.0 Å². The molecule has 1 aliphatic heterocycles. The molecule has 0 amide bonds. The lowest BCUT2D eigenvalue weighted by Crippen LogP contribution is -2.38. The summed E-state index contributed by atoms with van der Waals surface area (Å²) >= 11 is 3.50. The summed E-state index contributed by atoms with van der Waals surface area (Å²) in [4.78, 5) is 0.